The van der Waals surface area contributed by atoms with Crippen LogP contribution in [0.1, 0.15) is 32.1 Å². The minimum atomic E-state index is -1.26. The molecule has 0 N–H and O–H groups in total. The van der Waals surface area contributed by atoms with Crippen molar-refractivity contribution in [2.45, 2.75) is 51.2 Å². The molecule has 3 heteroatoms. The fourth-order valence-corrected chi connectivity index (χ4v) is 5.75. The predicted octanol–water partition coefficient (Wildman–Crippen LogP) is 4.52. The van der Waals surface area contributed by atoms with Crippen molar-refractivity contribution in [3.8, 4) is 0 Å². The summed E-state index contributed by atoms with van der Waals surface area (Å²) in [6, 6.07) is 9.95. The molecule has 0 unspecified atom stereocenters. The molecule has 0 spiro atoms. The maximum Gasteiger partial charge on any atom is 0.0806 e. The maximum absolute atomic E-state index is 5.98. The van der Waals surface area contributed by atoms with Gasteiger partial charge in [0.2, 0.25) is 0 Å². The van der Waals surface area contributed by atoms with Gasteiger partial charge in [-0.15, -0.1) is 0 Å². The van der Waals surface area contributed by atoms with Crippen molar-refractivity contribution in [2.75, 3.05) is 19.6 Å². The van der Waals surface area contributed by atoms with Crippen molar-refractivity contribution >= 4 is 24.9 Å². The van der Waals surface area contributed by atoms with Gasteiger partial charge < -0.3 is 4.90 Å². The van der Waals surface area contributed by atoms with Crippen LogP contribution >= 0.6 is 11.6 Å². The van der Waals surface area contributed by atoms with Crippen molar-refractivity contribution in [1.29, 1.82) is 0 Å². The Morgan fingerprint density at radius 2 is 1.65 bits per heavy atom. The molecular formula is C17H28ClNSi. The number of hydrogen-bond donors (Lipinski definition) is 0. The molecule has 1 aromatic carbocycles. The number of halogens is 1. The zero-order valence-electron chi connectivity index (χ0n) is 13.0. The lowest BCUT2D eigenvalue weighted by Crippen LogP contribution is -2.40. The van der Waals surface area contributed by atoms with Gasteiger partial charge in [0.15, 0.2) is 0 Å². The Labute approximate surface area is 130 Å². The van der Waals surface area contributed by atoms with E-state index in [4.69, 9.17) is 11.6 Å². The first-order chi connectivity index (χ1) is 9.58. The highest BCUT2D eigenvalue weighted by atomic mass is 35.5. The molecule has 0 saturated carbocycles. The topological polar surface area (TPSA) is 3.24 Å². The summed E-state index contributed by atoms with van der Waals surface area (Å²) in [6.07, 6.45) is 6.98. The maximum atomic E-state index is 5.98. The lowest BCUT2D eigenvalue weighted by molar-refractivity contribution is 0.329. The molecule has 1 nitrogen and oxygen atoms in total. The van der Waals surface area contributed by atoms with Crippen LogP contribution in [0.25, 0.3) is 0 Å². The highest BCUT2D eigenvalue weighted by Gasteiger charge is 2.22. The second-order valence-corrected chi connectivity index (χ2v) is 12.0. The average molecular weight is 310 g/mol. The van der Waals surface area contributed by atoms with Crippen LogP contribution in [-0.2, 0) is 0 Å². The van der Waals surface area contributed by atoms with E-state index >= 15 is 0 Å². The molecule has 2 rings (SSSR count). The van der Waals surface area contributed by atoms with Gasteiger partial charge in [0.05, 0.1) is 8.07 Å². The van der Waals surface area contributed by atoms with Crippen LogP contribution in [0.2, 0.25) is 24.2 Å². The predicted molar refractivity (Wildman–Crippen MR) is 92.9 cm³/mol. The monoisotopic (exact) mass is 309 g/mol. The van der Waals surface area contributed by atoms with Gasteiger partial charge in [-0.1, -0.05) is 60.9 Å². The summed E-state index contributed by atoms with van der Waals surface area (Å²) in [5, 5.41) is 2.39. The minimum absolute atomic E-state index is 0.851. The van der Waals surface area contributed by atoms with Crippen LogP contribution in [0.5, 0.6) is 0 Å². The molecule has 0 atom stereocenters. The van der Waals surface area contributed by atoms with Gasteiger partial charge in [-0.25, -0.2) is 0 Å². The van der Waals surface area contributed by atoms with E-state index < -0.39 is 8.07 Å². The molecule has 1 aliphatic heterocycles. The summed E-state index contributed by atoms with van der Waals surface area (Å²) in [5.74, 6) is 0. The number of likely N-dealkylation sites (tertiary alicyclic amines) is 1. The second kappa shape index (κ2) is 7.63. The van der Waals surface area contributed by atoms with E-state index in [2.05, 4.69) is 30.1 Å². The summed E-state index contributed by atoms with van der Waals surface area (Å²) in [4.78, 5) is 2.63. The number of nitrogens with zero attached hydrogens (tertiary/aromatic N) is 1. The van der Waals surface area contributed by atoms with Gasteiger partial charge in [-0.05, 0) is 51.0 Å². The van der Waals surface area contributed by atoms with Gasteiger partial charge in [-0.3, -0.25) is 0 Å². The summed E-state index contributed by atoms with van der Waals surface area (Å²) in [6.45, 7) is 8.96. The molecule has 1 saturated heterocycles. The van der Waals surface area contributed by atoms with Gasteiger partial charge in [0, 0.05) is 5.02 Å². The standard InChI is InChI=1S/C17H28ClNSi/c1-20(2,17-10-8-16(18)9-11-17)15-7-3-4-12-19-13-5-6-14-19/h8-11H,3-7,12-15H2,1-2H3. The first-order valence-electron chi connectivity index (χ1n) is 8.06. The molecule has 20 heavy (non-hydrogen) atoms. The Morgan fingerprint density at radius 1 is 1.00 bits per heavy atom. The van der Waals surface area contributed by atoms with E-state index in [9.17, 15) is 0 Å². The number of rotatable bonds is 7. The molecular weight excluding hydrogens is 282 g/mol. The highest BCUT2D eigenvalue weighted by molar-refractivity contribution is 6.89. The first-order valence-corrected chi connectivity index (χ1v) is 11.6. The SMILES string of the molecule is C[Si](C)(CCCCCN1CCCC1)c1ccc(Cl)cc1. The van der Waals surface area contributed by atoms with Gasteiger partial charge in [0.1, 0.15) is 0 Å². The second-order valence-electron chi connectivity index (χ2n) is 6.75. The fourth-order valence-electron chi connectivity index (χ4n) is 3.13. The third-order valence-corrected chi connectivity index (χ3v) is 8.35. The van der Waals surface area contributed by atoms with Crippen LogP contribution in [-0.4, -0.2) is 32.6 Å². The zero-order valence-corrected chi connectivity index (χ0v) is 14.8. The van der Waals surface area contributed by atoms with E-state index in [1.165, 1.54) is 57.8 Å². The van der Waals surface area contributed by atoms with E-state index in [1.807, 2.05) is 12.1 Å². The fraction of sp³-hybridized carbons (Fsp3) is 0.647. The molecule has 112 valence electrons. The zero-order chi connectivity index (χ0) is 14.4. The molecule has 1 heterocycles. The Morgan fingerprint density at radius 3 is 2.30 bits per heavy atom. The molecule has 0 amide bonds. The van der Waals surface area contributed by atoms with E-state index in [0.717, 1.165) is 5.02 Å². The molecule has 0 aromatic heterocycles. The Bertz CT molecular complexity index is 396. The van der Waals surface area contributed by atoms with Crippen LogP contribution in [0.4, 0.5) is 0 Å². The van der Waals surface area contributed by atoms with Crippen molar-refractivity contribution in [3.63, 3.8) is 0 Å². The van der Waals surface area contributed by atoms with Crippen LogP contribution in [0, 0.1) is 0 Å². The summed E-state index contributed by atoms with van der Waals surface area (Å²) >= 11 is 5.98. The van der Waals surface area contributed by atoms with Crippen molar-refractivity contribution in [3.05, 3.63) is 29.3 Å². The normalized spacial score (nSPS) is 16.8. The van der Waals surface area contributed by atoms with Gasteiger partial charge in [-0.2, -0.15) is 0 Å². The van der Waals surface area contributed by atoms with Crippen molar-refractivity contribution in [1.82, 2.24) is 4.90 Å². The van der Waals surface area contributed by atoms with Crippen LogP contribution in [0.15, 0.2) is 24.3 Å². The van der Waals surface area contributed by atoms with Crippen molar-refractivity contribution in [2.24, 2.45) is 0 Å². The van der Waals surface area contributed by atoms with Crippen LogP contribution < -0.4 is 5.19 Å². The molecule has 0 aliphatic carbocycles. The Hall–Kier alpha value is -0.313. The third-order valence-electron chi connectivity index (χ3n) is 4.60. The van der Waals surface area contributed by atoms with Crippen LogP contribution in [0.3, 0.4) is 0 Å². The van der Waals surface area contributed by atoms with Crippen molar-refractivity contribution < 1.29 is 0 Å². The average Bonchev–Trinajstić information content (AvgIpc) is 2.92. The number of benzene rings is 1. The number of unbranched alkanes of at least 4 members (excludes halogenated alkanes) is 2. The molecule has 1 fully saturated rings. The molecule has 0 radical (unpaired) electrons. The molecule has 1 aromatic rings. The summed E-state index contributed by atoms with van der Waals surface area (Å²) in [5.41, 5.74) is 0. The largest absolute Gasteiger partial charge is 0.303 e. The van der Waals surface area contributed by atoms with Gasteiger partial charge in [0.25, 0.3) is 0 Å². The Kier molecular flexibility index (Phi) is 6.13. The highest BCUT2D eigenvalue weighted by Crippen LogP contribution is 2.17. The summed E-state index contributed by atoms with van der Waals surface area (Å²) in [7, 11) is -1.26. The third kappa shape index (κ3) is 4.91. The van der Waals surface area contributed by atoms with E-state index in [0.29, 0.717) is 0 Å². The number of hydrogen-bond acceptors (Lipinski definition) is 1. The lowest BCUT2D eigenvalue weighted by atomic mass is 10.2. The lowest BCUT2D eigenvalue weighted by Gasteiger charge is -2.23. The van der Waals surface area contributed by atoms with E-state index in [-0.39, 0.29) is 0 Å². The quantitative estimate of drug-likeness (QED) is 0.528. The van der Waals surface area contributed by atoms with Gasteiger partial charge >= 0.3 is 0 Å². The molecule has 1 aliphatic rings. The summed E-state index contributed by atoms with van der Waals surface area (Å²) < 4.78 is 0. The Balaban J connectivity index is 1.67. The minimum Gasteiger partial charge on any atom is -0.303 e. The molecule has 0 bridgehead atoms. The van der Waals surface area contributed by atoms with E-state index in [1.54, 1.807) is 5.19 Å². The first kappa shape index (κ1) is 16.1. The smallest absolute Gasteiger partial charge is 0.0806 e.